The maximum absolute atomic E-state index is 11.4. The molecule has 1 atom stereocenters. The van der Waals surface area contributed by atoms with Gasteiger partial charge >= 0.3 is 0 Å². The van der Waals surface area contributed by atoms with Gasteiger partial charge in [-0.3, -0.25) is 4.79 Å². The van der Waals surface area contributed by atoms with Crippen molar-refractivity contribution >= 4 is 23.0 Å². The lowest BCUT2D eigenvalue weighted by Crippen LogP contribution is -2.25. The predicted molar refractivity (Wildman–Crippen MR) is 80.2 cm³/mol. The number of nitrogens with two attached hydrogens (primary N) is 1. The second kappa shape index (κ2) is 5.35. The van der Waals surface area contributed by atoms with Crippen LogP contribution in [0.1, 0.15) is 25.2 Å². The van der Waals surface area contributed by atoms with Crippen LogP contribution in [0.3, 0.4) is 0 Å². The van der Waals surface area contributed by atoms with E-state index in [9.17, 15) is 4.79 Å². The van der Waals surface area contributed by atoms with Crippen LogP contribution in [0, 0.1) is 0 Å². The summed E-state index contributed by atoms with van der Waals surface area (Å²) in [5.74, 6) is 1.26. The minimum atomic E-state index is -0.170. The van der Waals surface area contributed by atoms with Crippen molar-refractivity contribution in [2.75, 3.05) is 23.0 Å². The molecule has 0 fully saturated rings. The number of carbonyl (C=O) groups excluding carboxylic acids is 1. The molecule has 2 heterocycles. The molecule has 0 radical (unpaired) electrons. The number of nitrogens with zero attached hydrogens (tertiary/aromatic N) is 1. The van der Waals surface area contributed by atoms with E-state index in [1.165, 1.54) is 0 Å². The number of H-pyrrole nitrogens is 1. The van der Waals surface area contributed by atoms with Crippen LogP contribution >= 0.6 is 0 Å². The number of fused-ring (bicyclic) bond motifs is 1. The van der Waals surface area contributed by atoms with Gasteiger partial charge in [0.05, 0.1) is 23.1 Å². The molecule has 1 aromatic carbocycles. The van der Waals surface area contributed by atoms with Crippen molar-refractivity contribution in [1.29, 1.82) is 0 Å². The molecule has 2 aromatic rings. The van der Waals surface area contributed by atoms with Crippen LogP contribution in [0.15, 0.2) is 24.5 Å². The Hall–Kier alpha value is -2.70. The van der Waals surface area contributed by atoms with Crippen LogP contribution in [0.5, 0.6) is 5.75 Å². The van der Waals surface area contributed by atoms with Crippen molar-refractivity contribution in [3.8, 4) is 5.75 Å². The Labute approximate surface area is 121 Å². The van der Waals surface area contributed by atoms with E-state index in [1.54, 1.807) is 24.5 Å². The standard InChI is InChI=1S/C14H17N5O2/c1-2-9(14-16-3-4-17-14)18-10-6-11-12(5-8(10)15)21-7-13(20)19-11/h3-6,9,18H,2,7,15H2,1H3,(H,16,17)(H,19,20). The molecule has 21 heavy (non-hydrogen) atoms. The number of hydrogen-bond donors (Lipinski definition) is 4. The summed E-state index contributed by atoms with van der Waals surface area (Å²) in [6, 6.07) is 3.51. The van der Waals surface area contributed by atoms with Crippen LogP contribution in [0.25, 0.3) is 0 Å². The molecule has 1 amide bonds. The van der Waals surface area contributed by atoms with Gasteiger partial charge in [0, 0.05) is 18.5 Å². The molecule has 0 saturated heterocycles. The monoisotopic (exact) mass is 287 g/mol. The summed E-state index contributed by atoms with van der Waals surface area (Å²) in [5.41, 5.74) is 7.98. The molecule has 5 N–H and O–H groups in total. The largest absolute Gasteiger partial charge is 0.482 e. The normalized spacial score (nSPS) is 14.8. The molecule has 7 heteroatoms. The van der Waals surface area contributed by atoms with E-state index in [2.05, 4.69) is 27.5 Å². The number of nitrogens with one attached hydrogen (secondary N) is 3. The van der Waals surface area contributed by atoms with Gasteiger partial charge in [0.2, 0.25) is 0 Å². The van der Waals surface area contributed by atoms with Gasteiger partial charge in [-0.1, -0.05) is 6.92 Å². The van der Waals surface area contributed by atoms with Crippen molar-refractivity contribution in [3.05, 3.63) is 30.4 Å². The molecule has 0 spiro atoms. The number of nitrogen functional groups attached to an aromatic ring is 1. The number of aromatic amines is 1. The number of hydrogen-bond acceptors (Lipinski definition) is 5. The molecule has 1 aliphatic heterocycles. The molecule has 0 bridgehead atoms. The molecule has 1 aliphatic rings. The van der Waals surface area contributed by atoms with Gasteiger partial charge in [-0.15, -0.1) is 0 Å². The van der Waals surface area contributed by atoms with E-state index in [4.69, 9.17) is 10.5 Å². The lowest BCUT2D eigenvalue weighted by molar-refractivity contribution is -0.118. The maximum Gasteiger partial charge on any atom is 0.262 e. The van der Waals surface area contributed by atoms with Gasteiger partial charge in [0.25, 0.3) is 5.91 Å². The van der Waals surface area contributed by atoms with E-state index in [0.29, 0.717) is 17.1 Å². The SMILES string of the molecule is CCC(Nc1cc2c(cc1N)OCC(=O)N2)c1ncc[nH]1. The molecule has 7 nitrogen and oxygen atoms in total. The van der Waals surface area contributed by atoms with E-state index in [0.717, 1.165) is 17.9 Å². The fraction of sp³-hybridized carbons (Fsp3) is 0.286. The fourth-order valence-corrected chi connectivity index (χ4v) is 2.29. The Morgan fingerprint density at radius 3 is 3.10 bits per heavy atom. The third-order valence-corrected chi connectivity index (χ3v) is 3.37. The van der Waals surface area contributed by atoms with E-state index < -0.39 is 0 Å². The Kier molecular flexibility index (Phi) is 3.39. The number of imidazole rings is 1. The first kappa shape index (κ1) is 13.3. The third-order valence-electron chi connectivity index (χ3n) is 3.37. The molecule has 1 unspecified atom stereocenters. The summed E-state index contributed by atoms with van der Waals surface area (Å²) in [5, 5.41) is 6.11. The number of carbonyl (C=O) groups is 1. The van der Waals surface area contributed by atoms with Gasteiger partial charge in [-0.05, 0) is 12.5 Å². The van der Waals surface area contributed by atoms with Crippen LogP contribution < -0.4 is 21.1 Å². The predicted octanol–water partition coefficient (Wildman–Crippen LogP) is 1.89. The zero-order valence-corrected chi connectivity index (χ0v) is 11.6. The van der Waals surface area contributed by atoms with Crippen molar-refractivity contribution < 1.29 is 9.53 Å². The summed E-state index contributed by atoms with van der Waals surface area (Å²) in [7, 11) is 0. The highest BCUT2D eigenvalue weighted by atomic mass is 16.5. The third kappa shape index (κ3) is 2.62. The lowest BCUT2D eigenvalue weighted by atomic mass is 10.1. The molecule has 110 valence electrons. The maximum atomic E-state index is 11.4. The first-order valence-electron chi connectivity index (χ1n) is 6.79. The zero-order chi connectivity index (χ0) is 14.8. The molecule has 1 aromatic heterocycles. The van der Waals surface area contributed by atoms with Crippen molar-refractivity contribution in [3.63, 3.8) is 0 Å². The first-order chi connectivity index (χ1) is 10.2. The second-order valence-electron chi connectivity index (χ2n) is 4.85. The average Bonchev–Trinajstić information content (AvgIpc) is 2.99. The van der Waals surface area contributed by atoms with Crippen molar-refractivity contribution in [1.82, 2.24) is 9.97 Å². The van der Waals surface area contributed by atoms with Crippen LogP contribution in [0.2, 0.25) is 0 Å². The van der Waals surface area contributed by atoms with Crippen LogP contribution in [-0.2, 0) is 4.79 Å². The summed E-state index contributed by atoms with van der Waals surface area (Å²) in [4.78, 5) is 18.7. The summed E-state index contributed by atoms with van der Waals surface area (Å²) < 4.78 is 5.34. The Morgan fingerprint density at radius 2 is 2.38 bits per heavy atom. The van der Waals surface area contributed by atoms with Gasteiger partial charge in [0.1, 0.15) is 11.6 Å². The number of benzene rings is 1. The van der Waals surface area contributed by atoms with Crippen LogP contribution in [-0.4, -0.2) is 22.5 Å². The number of aromatic nitrogens is 2. The minimum absolute atomic E-state index is 0.0144. The lowest BCUT2D eigenvalue weighted by Gasteiger charge is -2.22. The molecule has 0 saturated carbocycles. The Bertz CT molecular complexity index is 654. The zero-order valence-electron chi connectivity index (χ0n) is 11.6. The summed E-state index contributed by atoms with van der Waals surface area (Å²) >= 11 is 0. The number of ether oxygens (including phenoxy) is 1. The van der Waals surface area contributed by atoms with Crippen molar-refractivity contribution in [2.45, 2.75) is 19.4 Å². The Balaban J connectivity index is 1.88. The highest BCUT2D eigenvalue weighted by Gasteiger charge is 2.19. The quantitative estimate of drug-likeness (QED) is 0.643. The van der Waals surface area contributed by atoms with Gasteiger partial charge in [-0.25, -0.2) is 4.98 Å². The summed E-state index contributed by atoms with van der Waals surface area (Å²) in [6.45, 7) is 2.07. The van der Waals surface area contributed by atoms with Crippen LogP contribution in [0.4, 0.5) is 17.1 Å². The second-order valence-corrected chi connectivity index (χ2v) is 4.85. The Morgan fingerprint density at radius 1 is 1.52 bits per heavy atom. The molecular formula is C14H17N5O2. The van der Waals surface area contributed by atoms with Gasteiger partial charge in [0.15, 0.2) is 6.61 Å². The number of amides is 1. The van der Waals surface area contributed by atoms with E-state index in [-0.39, 0.29) is 18.6 Å². The highest BCUT2D eigenvalue weighted by molar-refractivity contribution is 5.97. The topological polar surface area (TPSA) is 105 Å². The van der Waals surface area contributed by atoms with Gasteiger partial charge < -0.3 is 26.1 Å². The number of rotatable bonds is 4. The molecular weight excluding hydrogens is 270 g/mol. The molecule has 3 rings (SSSR count). The first-order valence-corrected chi connectivity index (χ1v) is 6.79. The van der Waals surface area contributed by atoms with E-state index in [1.807, 2.05) is 0 Å². The van der Waals surface area contributed by atoms with Crippen molar-refractivity contribution in [2.24, 2.45) is 0 Å². The average molecular weight is 287 g/mol. The smallest absolute Gasteiger partial charge is 0.262 e. The number of anilines is 3. The molecule has 0 aliphatic carbocycles. The fourth-order valence-electron chi connectivity index (χ4n) is 2.29. The summed E-state index contributed by atoms with van der Waals surface area (Å²) in [6.07, 6.45) is 4.33. The van der Waals surface area contributed by atoms with E-state index >= 15 is 0 Å². The minimum Gasteiger partial charge on any atom is -0.482 e. The highest BCUT2D eigenvalue weighted by Crippen LogP contribution is 2.36. The van der Waals surface area contributed by atoms with Gasteiger partial charge in [-0.2, -0.15) is 0 Å².